The van der Waals surface area contributed by atoms with Crippen LogP contribution in [0.15, 0.2) is 24.3 Å². The van der Waals surface area contributed by atoms with Gasteiger partial charge in [-0.1, -0.05) is 38.8 Å². The minimum Gasteiger partial charge on any atom is -0.494 e. The molecule has 0 aliphatic heterocycles. The number of ether oxygens (including phenoxy) is 1. The van der Waals surface area contributed by atoms with Crippen molar-refractivity contribution >= 4 is 0 Å². The predicted octanol–water partition coefficient (Wildman–Crippen LogP) is 4.47. The molecule has 1 rings (SSSR count). The van der Waals surface area contributed by atoms with Crippen molar-refractivity contribution in [1.82, 2.24) is 10.2 Å². The number of nitrogens with one attached hydrogen (secondary N) is 1. The first-order chi connectivity index (χ1) is 11.3. The Hall–Kier alpha value is -1.06. The lowest BCUT2D eigenvalue weighted by molar-refractivity contribution is 0.261. The van der Waals surface area contributed by atoms with E-state index in [1.165, 1.54) is 57.3 Å². The van der Waals surface area contributed by atoms with E-state index in [0.717, 1.165) is 25.4 Å². The smallest absolute Gasteiger partial charge is 0.119 e. The van der Waals surface area contributed by atoms with Crippen LogP contribution < -0.4 is 10.1 Å². The van der Waals surface area contributed by atoms with Crippen molar-refractivity contribution in [1.29, 1.82) is 0 Å². The summed E-state index contributed by atoms with van der Waals surface area (Å²) in [5.41, 5.74) is 1.30. The van der Waals surface area contributed by atoms with E-state index >= 15 is 0 Å². The van der Waals surface area contributed by atoms with Crippen molar-refractivity contribution in [2.45, 2.75) is 59.4 Å². The fraction of sp³-hybridized carbons (Fsp3) is 0.700. The van der Waals surface area contributed by atoms with Crippen LogP contribution in [0.5, 0.6) is 5.75 Å². The largest absolute Gasteiger partial charge is 0.494 e. The van der Waals surface area contributed by atoms with Gasteiger partial charge in [-0.3, -0.25) is 0 Å². The molecule has 0 aliphatic carbocycles. The van der Waals surface area contributed by atoms with E-state index in [9.17, 15) is 0 Å². The molecule has 0 radical (unpaired) electrons. The Labute approximate surface area is 143 Å². The summed E-state index contributed by atoms with van der Waals surface area (Å²) in [6.07, 6.45) is 6.44. The molecule has 1 N–H and O–H groups in total. The summed E-state index contributed by atoms with van der Waals surface area (Å²) in [4.78, 5) is 2.63. The normalized spacial score (nSPS) is 11.1. The van der Waals surface area contributed by atoms with Gasteiger partial charge in [-0.05, 0) is 70.1 Å². The topological polar surface area (TPSA) is 24.5 Å². The lowest BCUT2D eigenvalue weighted by Crippen LogP contribution is -2.29. The molecule has 0 bridgehead atoms. The highest BCUT2D eigenvalue weighted by Crippen LogP contribution is 2.12. The molecule has 0 spiro atoms. The van der Waals surface area contributed by atoms with Crippen LogP contribution in [-0.4, -0.2) is 37.7 Å². The van der Waals surface area contributed by atoms with E-state index in [1.54, 1.807) is 0 Å². The minimum absolute atomic E-state index is 0.724. The van der Waals surface area contributed by atoms with Gasteiger partial charge in [0.25, 0.3) is 0 Å². The molecule has 0 unspecified atom stereocenters. The highest BCUT2D eigenvalue weighted by Gasteiger charge is 2.03. The summed E-state index contributed by atoms with van der Waals surface area (Å²) in [6.45, 7) is 13.0. The van der Waals surface area contributed by atoms with Crippen LogP contribution in [0.4, 0.5) is 0 Å². The van der Waals surface area contributed by atoms with Crippen LogP contribution in [0.3, 0.4) is 0 Å². The molecule has 0 fully saturated rings. The molecule has 0 aromatic heterocycles. The maximum absolute atomic E-state index is 5.55. The Morgan fingerprint density at radius 2 is 1.65 bits per heavy atom. The second-order valence-electron chi connectivity index (χ2n) is 6.16. The van der Waals surface area contributed by atoms with Crippen molar-refractivity contribution in [3.8, 4) is 5.75 Å². The van der Waals surface area contributed by atoms with E-state index < -0.39 is 0 Å². The van der Waals surface area contributed by atoms with Gasteiger partial charge < -0.3 is 15.0 Å². The minimum atomic E-state index is 0.724. The molecule has 23 heavy (non-hydrogen) atoms. The van der Waals surface area contributed by atoms with E-state index in [-0.39, 0.29) is 0 Å². The second-order valence-corrected chi connectivity index (χ2v) is 6.16. The summed E-state index contributed by atoms with van der Waals surface area (Å²) in [7, 11) is 0. The van der Waals surface area contributed by atoms with Gasteiger partial charge >= 0.3 is 0 Å². The first-order valence-electron chi connectivity index (χ1n) is 9.44. The summed E-state index contributed by atoms with van der Waals surface area (Å²) in [5.74, 6) is 0.970. The number of benzene rings is 1. The molecule has 3 heteroatoms. The average Bonchev–Trinajstić information content (AvgIpc) is 2.57. The average molecular weight is 321 g/mol. The Kier molecular flexibility index (Phi) is 11.6. The number of unbranched alkanes of at least 4 members (excludes halogenated alkanes) is 2. The molecule has 1 aromatic rings. The van der Waals surface area contributed by atoms with Gasteiger partial charge in [-0.15, -0.1) is 0 Å². The highest BCUT2D eigenvalue weighted by molar-refractivity contribution is 5.28. The summed E-state index contributed by atoms with van der Waals surface area (Å²) < 4.78 is 5.55. The molecule has 132 valence electrons. The monoisotopic (exact) mass is 320 g/mol. The number of nitrogens with zero attached hydrogens (tertiary/aromatic N) is 1. The molecule has 0 heterocycles. The lowest BCUT2D eigenvalue weighted by Gasteiger charge is -2.22. The molecule has 1 aromatic carbocycles. The van der Waals surface area contributed by atoms with Crippen LogP contribution in [0.2, 0.25) is 0 Å². The van der Waals surface area contributed by atoms with Crippen molar-refractivity contribution < 1.29 is 4.74 Å². The van der Waals surface area contributed by atoms with Crippen molar-refractivity contribution in [2.75, 3.05) is 32.8 Å². The van der Waals surface area contributed by atoms with E-state index in [2.05, 4.69) is 42.3 Å². The second kappa shape index (κ2) is 13.4. The Balaban J connectivity index is 2.20. The Morgan fingerprint density at radius 3 is 2.30 bits per heavy atom. The molecule has 0 saturated heterocycles. The summed E-state index contributed by atoms with van der Waals surface area (Å²) in [6, 6.07) is 8.38. The molecule has 0 amide bonds. The standard InChI is InChI=1S/C20H36N2O/c1-4-7-14-22(15-8-5-2)16-10-13-21-18-19-11-9-12-20(17-19)23-6-3/h9,11-12,17,21H,4-8,10,13-16,18H2,1-3H3. The number of hydrogen-bond donors (Lipinski definition) is 1. The summed E-state index contributed by atoms with van der Waals surface area (Å²) >= 11 is 0. The van der Waals surface area contributed by atoms with Crippen LogP contribution in [0, 0.1) is 0 Å². The molecule has 0 saturated carbocycles. The van der Waals surface area contributed by atoms with Crippen molar-refractivity contribution in [2.24, 2.45) is 0 Å². The molecule has 0 atom stereocenters. The maximum Gasteiger partial charge on any atom is 0.119 e. The zero-order valence-electron chi connectivity index (χ0n) is 15.4. The molecular weight excluding hydrogens is 284 g/mol. The Bertz CT molecular complexity index is 387. The zero-order valence-corrected chi connectivity index (χ0v) is 15.4. The quantitative estimate of drug-likeness (QED) is 0.512. The van der Waals surface area contributed by atoms with Crippen molar-refractivity contribution in [3.63, 3.8) is 0 Å². The number of rotatable bonds is 14. The highest BCUT2D eigenvalue weighted by atomic mass is 16.5. The van der Waals surface area contributed by atoms with Gasteiger partial charge in [-0.25, -0.2) is 0 Å². The van der Waals surface area contributed by atoms with E-state index in [4.69, 9.17) is 4.74 Å². The van der Waals surface area contributed by atoms with Crippen LogP contribution in [-0.2, 0) is 6.54 Å². The van der Waals surface area contributed by atoms with Gasteiger partial charge in [0, 0.05) is 6.54 Å². The third-order valence-corrected chi connectivity index (χ3v) is 4.02. The first-order valence-corrected chi connectivity index (χ1v) is 9.44. The summed E-state index contributed by atoms with van der Waals surface area (Å²) in [5, 5.41) is 3.56. The fourth-order valence-electron chi connectivity index (χ4n) is 2.67. The molecular formula is C20H36N2O. The number of hydrogen-bond acceptors (Lipinski definition) is 3. The lowest BCUT2D eigenvalue weighted by atomic mass is 10.2. The molecule has 3 nitrogen and oxygen atoms in total. The third-order valence-electron chi connectivity index (χ3n) is 4.02. The predicted molar refractivity (Wildman–Crippen MR) is 100 cm³/mol. The fourth-order valence-corrected chi connectivity index (χ4v) is 2.67. The van der Waals surface area contributed by atoms with Gasteiger partial charge in [0.15, 0.2) is 0 Å². The van der Waals surface area contributed by atoms with Gasteiger partial charge in [-0.2, -0.15) is 0 Å². The van der Waals surface area contributed by atoms with E-state index in [1.807, 2.05) is 13.0 Å². The van der Waals surface area contributed by atoms with Crippen molar-refractivity contribution in [3.05, 3.63) is 29.8 Å². The van der Waals surface area contributed by atoms with E-state index in [0.29, 0.717) is 0 Å². The van der Waals surface area contributed by atoms with Gasteiger partial charge in [0.05, 0.1) is 6.61 Å². The van der Waals surface area contributed by atoms with Gasteiger partial charge in [0.1, 0.15) is 5.75 Å². The maximum atomic E-state index is 5.55. The third kappa shape index (κ3) is 9.62. The first kappa shape index (κ1) is 20.0. The SMILES string of the molecule is CCCCN(CCCC)CCCNCc1cccc(OCC)c1. The van der Waals surface area contributed by atoms with Gasteiger partial charge in [0.2, 0.25) is 0 Å². The Morgan fingerprint density at radius 1 is 0.957 bits per heavy atom. The van der Waals surface area contributed by atoms with Crippen LogP contribution >= 0.6 is 0 Å². The van der Waals surface area contributed by atoms with Crippen LogP contribution in [0.1, 0.15) is 58.4 Å². The molecule has 0 aliphatic rings. The van der Waals surface area contributed by atoms with Crippen LogP contribution in [0.25, 0.3) is 0 Å². The zero-order chi connectivity index (χ0) is 16.8.